The maximum Gasteiger partial charge on any atom is 0.411 e. The number of hydrogen-bond donors (Lipinski definition) is 7. The number of Topliss-reactive ketones (excluding diaryl/α,β-unsaturated/α-hetero) is 1. The first-order valence-electron chi connectivity index (χ1n) is 19.8. The predicted molar refractivity (Wildman–Crippen MR) is 227 cm³/mol. The topological polar surface area (TPSA) is 192 Å². The van der Waals surface area contributed by atoms with E-state index in [1.54, 1.807) is 6.92 Å². The van der Waals surface area contributed by atoms with Gasteiger partial charge in [0, 0.05) is 16.7 Å². The molecule has 23 heteroatoms. The molecule has 11 nitrogen and oxygen atoms in total. The Morgan fingerprint density at radius 3 is 1.26 bits per heavy atom. The van der Waals surface area contributed by atoms with Crippen molar-refractivity contribution < 1.29 is 87.5 Å². The molecule has 0 heterocycles. The Morgan fingerprint density at radius 1 is 0.457 bits per heavy atom. The molecule has 6 aromatic rings. The number of alkyl halides is 12. The van der Waals surface area contributed by atoms with Crippen LogP contribution in [0.1, 0.15) is 58.9 Å². The molecular formula is C47H33F12N4O7. The summed E-state index contributed by atoms with van der Waals surface area (Å²) in [5.74, 6) is -7.19. The van der Waals surface area contributed by atoms with Gasteiger partial charge < -0.3 is 36.4 Å². The third-order valence-corrected chi connectivity index (χ3v) is 11.1. The van der Waals surface area contributed by atoms with Crippen molar-refractivity contribution in [2.24, 2.45) is 0 Å². The van der Waals surface area contributed by atoms with Crippen LogP contribution in [0.25, 0.3) is 0 Å². The van der Waals surface area contributed by atoms with E-state index in [4.69, 9.17) is 5.73 Å². The summed E-state index contributed by atoms with van der Waals surface area (Å²) in [6.07, 6.45) is -24.8. The minimum absolute atomic E-state index is 0.0572. The summed E-state index contributed by atoms with van der Waals surface area (Å²) in [4.78, 5) is 39.6. The van der Waals surface area contributed by atoms with E-state index in [0.717, 1.165) is 29.8 Å². The van der Waals surface area contributed by atoms with Crippen LogP contribution in [0.15, 0.2) is 121 Å². The lowest BCUT2D eigenvalue weighted by molar-refractivity contribution is -0.290. The Kier molecular flexibility index (Phi) is 13.5. The van der Waals surface area contributed by atoms with Crippen molar-refractivity contribution in [3.8, 4) is 23.0 Å². The third-order valence-electron chi connectivity index (χ3n) is 11.1. The normalized spacial score (nSPS) is 12.6. The summed E-state index contributed by atoms with van der Waals surface area (Å²) in [6, 6.07) is 13.5. The molecule has 367 valence electrons. The van der Waals surface area contributed by atoms with E-state index in [2.05, 4.69) is 10.6 Å². The summed E-state index contributed by atoms with van der Waals surface area (Å²) in [7, 11) is 0. The Morgan fingerprint density at radius 2 is 0.829 bits per heavy atom. The molecule has 0 saturated heterocycles. The van der Waals surface area contributed by atoms with Gasteiger partial charge in [-0.05, 0) is 102 Å². The lowest BCUT2D eigenvalue weighted by Gasteiger charge is -2.38. The number of benzene rings is 6. The van der Waals surface area contributed by atoms with Crippen LogP contribution in [0.3, 0.4) is 0 Å². The van der Waals surface area contributed by atoms with E-state index in [9.17, 15) is 61.2 Å². The molecular weight excluding hydrogens is 961 g/mol. The SMILES string of the molecule is Cc1ccc(C(=O)Nc2cc(C(c3ccc(O)c(NCC(=O)c4cccc(C(=O)Nc5cc(C(c6ccc(O)c([NH])c6)(C(F)(F)F)C(F)(F)F)ccc5O)c4)c3)(C(F)(F)F)C(F)(F)F)ccc2O)cc1. The molecule has 0 fully saturated rings. The van der Waals surface area contributed by atoms with Crippen molar-refractivity contribution in [2.45, 2.75) is 42.5 Å². The van der Waals surface area contributed by atoms with Crippen LogP contribution in [0.4, 0.5) is 75.4 Å². The summed E-state index contributed by atoms with van der Waals surface area (Å²) in [5, 5.41) is 47.3. The Bertz CT molecular complexity index is 2960. The van der Waals surface area contributed by atoms with Crippen LogP contribution < -0.4 is 21.7 Å². The average molecular weight is 994 g/mol. The molecule has 0 aliphatic rings. The monoisotopic (exact) mass is 993 g/mol. The van der Waals surface area contributed by atoms with Crippen LogP contribution in [-0.2, 0) is 10.8 Å². The van der Waals surface area contributed by atoms with E-state index < -0.39 is 139 Å². The molecule has 1 radical (unpaired) electrons. The highest BCUT2D eigenvalue weighted by atomic mass is 19.4. The summed E-state index contributed by atoms with van der Waals surface area (Å²) in [6.45, 7) is 0.681. The first kappa shape index (κ1) is 51.3. The molecule has 8 N–H and O–H groups in total. The van der Waals surface area contributed by atoms with Crippen LogP contribution >= 0.6 is 0 Å². The number of rotatable bonds is 12. The van der Waals surface area contributed by atoms with Gasteiger partial charge in [0.15, 0.2) is 5.78 Å². The molecule has 0 aliphatic heterocycles. The number of hydrogen-bond acceptors (Lipinski definition) is 8. The maximum absolute atomic E-state index is 15.2. The van der Waals surface area contributed by atoms with Gasteiger partial charge in [0.25, 0.3) is 11.8 Å². The molecule has 0 unspecified atom stereocenters. The number of carbonyl (C=O) groups excluding carboxylic acids is 3. The van der Waals surface area contributed by atoms with Gasteiger partial charge in [-0.25, -0.2) is 0 Å². The van der Waals surface area contributed by atoms with Crippen molar-refractivity contribution in [3.05, 3.63) is 166 Å². The van der Waals surface area contributed by atoms with E-state index >= 15 is 26.3 Å². The maximum atomic E-state index is 15.2. The molecule has 0 bridgehead atoms. The number of halogens is 12. The Labute approximate surface area is 386 Å². The zero-order chi connectivity index (χ0) is 51.9. The number of amides is 2. The second-order valence-electron chi connectivity index (χ2n) is 15.6. The van der Waals surface area contributed by atoms with E-state index in [1.165, 1.54) is 24.3 Å². The molecule has 0 spiro atoms. The zero-order valence-electron chi connectivity index (χ0n) is 35.3. The van der Waals surface area contributed by atoms with Crippen molar-refractivity contribution >= 4 is 40.3 Å². The highest BCUT2D eigenvalue weighted by Gasteiger charge is 2.74. The number of aromatic hydroxyl groups is 4. The van der Waals surface area contributed by atoms with Crippen LogP contribution in [0, 0.1) is 6.92 Å². The van der Waals surface area contributed by atoms with Gasteiger partial charge in [-0.1, -0.05) is 54.1 Å². The standard InChI is InChI=1S/C47H33F12N4O7/c1-23-5-7-24(8-6-23)40(69)62-33-21-30(12-16-37(33)66)43(46(54,55)56,47(57,58)59)28-10-14-36(65)32(19-28)61-22-39(68)25-3-2-4-26(17-25)41(70)63-34-20-29(11-15-38(34)67)42(44(48,49)50,45(51,52)53)27-9-13-35(64)31(60)18-27/h2-21,60-61,64-67H,22H2,1H3,(H,62,69)(H,63,70). The number of ketones is 1. The van der Waals surface area contributed by atoms with Crippen LogP contribution in [0.5, 0.6) is 23.0 Å². The first-order valence-corrected chi connectivity index (χ1v) is 19.8. The Balaban J connectivity index is 1.29. The first-order chi connectivity index (χ1) is 32.4. The van der Waals surface area contributed by atoms with Gasteiger partial charge in [0.05, 0.1) is 29.3 Å². The second kappa shape index (κ2) is 18.4. The molecule has 6 aromatic carbocycles. The average Bonchev–Trinajstić information content (AvgIpc) is 3.25. The summed E-state index contributed by atoms with van der Waals surface area (Å²) < 4.78 is 180. The fraction of sp³-hybridized carbons (Fsp3) is 0.170. The highest BCUT2D eigenvalue weighted by Crippen LogP contribution is 2.59. The molecule has 2 amide bonds. The smallest absolute Gasteiger partial charge is 0.411 e. The molecule has 70 heavy (non-hydrogen) atoms. The summed E-state index contributed by atoms with van der Waals surface area (Å²) in [5.41, 5.74) is -12.4. The van der Waals surface area contributed by atoms with Crippen LogP contribution in [0.2, 0.25) is 0 Å². The largest absolute Gasteiger partial charge is 0.506 e. The predicted octanol–water partition coefficient (Wildman–Crippen LogP) is 11.4. The number of phenolic OH excluding ortho intramolecular Hbond substituents is 4. The molecule has 0 saturated carbocycles. The minimum Gasteiger partial charge on any atom is -0.506 e. The minimum atomic E-state index is -6.22. The Hall–Kier alpha value is -8.11. The zero-order valence-corrected chi connectivity index (χ0v) is 35.3. The third kappa shape index (κ3) is 9.37. The van der Waals surface area contributed by atoms with Gasteiger partial charge in [0.1, 0.15) is 23.0 Å². The van der Waals surface area contributed by atoms with Gasteiger partial charge in [-0.15, -0.1) is 0 Å². The number of carbonyl (C=O) groups is 3. The fourth-order valence-electron chi connectivity index (χ4n) is 7.59. The lowest BCUT2D eigenvalue weighted by Crippen LogP contribution is -2.54. The quantitative estimate of drug-likeness (QED) is 0.0358. The summed E-state index contributed by atoms with van der Waals surface area (Å²) >= 11 is 0. The number of anilines is 3. The van der Waals surface area contributed by atoms with Crippen molar-refractivity contribution in [3.63, 3.8) is 0 Å². The van der Waals surface area contributed by atoms with Gasteiger partial charge in [-0.2, -0.15) is 52.7 Å². The van der Waals surface area contributed by atoms with E-state index in [-0.39, 0.29) is 42.0 Å². The van der Waals surface area contributed by atoms with E-state index in [1.807, 2.05) is 5.32 Å². The van der Waals surface area contributed by atoms with Crippen molar-refractivity contribution in [2.75, 3.05) is 22.5 Å². The van der Waals surface area contributed by atoms with Gasteiger partial charge in [-0.3, -0.25) is 20.1 Å². The number of nitrogens with one attached hydrogen (secondary N) is 4. The van der Waals surface area contributed by atoms with Gasteiger partial charge in [0.2, 0.25) is 10.8 Å². The molecule has 0 aliphatic carbocycles. The second-order valence-corrected chi connectivity index (χ2v) is 15.6. The van der Waals surface area contributed by atoms with Crippen molar-refractivity contribution in [1.29, 1.82) is 0 Å². The number of aryl methyl sites for hydroxylation is 1. The van der Waals surface area contributed by atoms with Crippen LogP contribution in [-0.4, -0.2) is 69.3 Å². The van der Waals surface area contributed by atoms with Crippen molar-refractivity contribution in [1.82, 2.24) is 5.73 Å². The van der Waals surface area contributed by atoms with E-state index in [0.29, 0.717) is 36.4 Å². The highest BCUT2D eigenvalue weighted by molar-refractivity contribution is 6.08. The molecule has 6 rings (SSSR count). The molecule has 0 aromatic heterocycles. The lowest BCUT2D eigenvalue weighted by atomic mass is 9.72. The molecule has 0 atom stereocenters. The van der Waals surface area contributed by atoms with Gasteiger partial charge >= 0.3 is 24.7 Å². The fourth-order valence-corrected chi connectivity index (χ4v) is 7.59. The number of phenols is 4.